The largest absolute Gasteiger partial charge is 0.0845 e. The third kappa shape index (κ3) is 14.2. The topological polar surface area (TPSA) is 0 Å². The molecule has 0 heterocycles. The first-order valence-electron chi connectivity index (χ1n) is 9.88. The Morgan fingerprint density at radius 3 is 1.55 bits per heavy atom. The first kappa shape index (κ1) is 19.3. The second kappa shape index (κ2) is 16.6. The van der Waals surface area contributed by atoms with Gasteiger partial charge in [0.1, 0.15) is 0 Å². The van der Waals surface area contributed by atoms with Gasteiger partial charge < -0.3 is 0 Å². The predicted molar refractivity (Wildman–Crippen MR) is 100.0 cm³/mol. The van der Waals surface area contributed by atoms with Gasteiger partial charge in [0.05, 0.1) is 0 Å². The van der Waals surface area contributed by atoms with Gasteiger partial charge in [-0.3, -0.25) is 0 Å². The molecule has 0 saturated heterocycles. The average molecular weight is 302 g/mol. The molecule has 0 aliphatic heterocycles. The highest BCUT2D eigenvalue weighted by atomic mass is 14.0. The summed E-state index contributed by atoms with van der Waals surface area (Å²) in [5.41, 5.74) is 0. The van der Waals surface area contributed by atoms with Crippen LogP contribution in [-0.2, 0) is 0 Å². The van der Waals surface area contributed by atoms with Crippen molar-refractivity contribution in [3.63, 3.8) is 0 Å². The van der Waals surface area contributed by atoms with E-state index in [9.17, 15) is 0 Å². The Balaban J connectivity index is 2.16. The van der Waals surface area contributed by atoms with Crippen molar-refractivity contribution in [2.75, 3.05) is 0 Å². The Kier molecular flexibility index (Phi) is 14.5. The molecule has 1 rings (SSSR count). The zero-order chi connectivity index (χ0) is 15.6. The number of rotatable bonds is 0. The van der Waals surface area contributed by atoms with Crippen molar-refractivity contribution in [1.82, 2.24) is 0 Å². The quantitative estimate of drug-likeness (QED) is 0.429. The van der Waals surface area contributed by atoms with Crippen molar-refractivity contribution in [3.8, 4) is 0 Å². The van der Waals surface area contributed by atoms with E-state index in [2.05, 4.69) is 36.5 Å². The van der Waals surface area contributed by atoms with Crippen LogP contribution in [0, 0.1) is 6.08 Å². The molecule has 0 aromatic rings. The zero-order valence-electron chi connectivity index (χ0n) is 14.7. The third-order valence-electron chi connectivity index (χ3n) is 4.51. The van der Waals surface area contributed by atoms with Gasteiger partial charge in [0.15, 0.2) is 0 Å². The second-order valence-electron chi connectivity index (χ2n) is 6.67. The fraction of sp³-hybridized carbons (Fsp3) is 0.727. The van der Waals surface area contributed by atoms with E-state index in [1.807, 2.05) is 0 Å². The van der Waals surface area contributed by atoms with Crippen LogP contribution in [0.4, 0.5) is 0 Å². The molecule has 0 amide bonds. The Hall–Kier alpha value is -0.780. The fourth-order valence-electron chi connectivity index (χ4n) is 3.06. The van der Waals surface area contributed by atoms with Gasteiger partial charge >= 0.3 is 0 Å². The maximum Gasteiger partial charge on any atom is -0.0276 e. The second-order valence-corrected chi connectivity index (χ2v) is 6.67. The number of allylic oxidation sites excluding steroid dienone is 6. The molecular formula is C22H37. The molecule has 22 heavy (non-hydrogen) atoms. The van der Waals surface area contributed by atoms with Gasteiger partial charge in [-0.2, -0.15) is 0 Å². The minimum Gasteiger partial charge on any atom is -0.0845 e. The maximum absolute atomic E-state index is 3.38. The summed E-state index contributed by atoms with van der Waals surface area (Å²) in [6, 6.07) is 0. The van der Waals surface area contributed by atoms with Gasteiger partial charge in [0.25, 0.3) is 0 Å². The molecule has 0 bridgehead atoms. The molecule has 0 heteroatoms. The van der Waals surface area contributed by atoms with Crippen molar-refractivity contribution in [3.05, 3.63) is 36.5 Å². The summed E-state index contributed by atoms with van der Waals surface area (Å²) in [4.78, 5) is 0. The summed E-state index contributed by atoms with van der Waals surface area (Å²) < 4.78 is 0. The number of hydrogen-bond acceptors (Lipinski definition) is 0. The first-order valence-corrected chi connectivity index (χ1v) is 9.88. The van der Waals surface area contributed by atoms with E-state index in [4.69, 9.17) is 0 Å². The smallest absolute Gasteiger partial charge is 0.0276 e. The minimum absolute atomic E-state index is 1.12. The first-order chi connectivity index (χ1) is 11.0. The van der Waals surface area contributed by atoms with E-state index in [0.717, 1.165) is 6.42 Å². The molecule has 0 unspecified atom stereocenters. The van der Waals surface area contributed by atoms with Gasteiger partial charge in [-0.15, -0.1) is 0 Å². The fourth-order valence-corrected chi connectivity index (χ4v) is 3.06. The lowest BCUT2D eigenvalue weighted by molar-refractivity contribution is 0.534. The molecule has 0 atom stereocenters. The van der Waals surface area contributed by atoms with Gasteiger partial charge in [-0.25, -0.2) is 0 Å². The van der Waals surface area contributed by atoms with Crippen molar-refractivity contribution in [2.24, 2.45) is 0 Å². The summed E-state index contributed by atoms with van der Waals surface area (Å²) >= 11 is 0. The van der Waals surface area contributed by atoms with Crippen LogP contribution in [0.25, 0.3) is 0 Å². The van der Waals surface area contributed by atoms with E-state index in [-0.39, 0.29) is 0 Å². The lowest BCUT2D eigenvalue weighted by Gasteiger charge is -2.03. The molecule has 0 nitrogen and oxygen atoms in total. The highest BCUT2D eigenvalue weighted by Crippen LogP contribution is 2.13. The van der Waals surface area contributed by atoms with Crippen LogP contribution in [0.1, 0.15) is 103 Å². The van der Waals surface area contributed by atoms with Gasteiger partial charge in [0.2, 0.25) is 0 Å². The summed E-state index contributed by atoms with van der Waals surface area (Å²) in [5, 5.41) is 0. The Morgan fingerprint density at radius 1 is 0.455 bits per heavy atom. The van der Waals surface area contributed by atoms with Crippen molar-refractivity contribution >= 4 is 0 Å². The molecule has 0 spiro atoms. The molecule has 0 aromatic heterocycles. The maximum atomic E-state index is 3.38. The molecule has 1 aliphatic carbocycles. The van der Waals surface area contributed by atoms with Crippen molar-refractivity contribution in [1.29, 1.82) is 0 Å². The standard InChI is InChI=1S/C22H37/c1-2-4-6-8-10-12-14-16-18-20-22-21-19-17-15-13-11-9-7-5-3-1/h1-5H,6,8-22H2/b3-1+,4-2-,7-5?. The molecule has 0 aromatic carbocycles. The van der Waals surface area contributed by atoms with Crippen LogP contribution in [-0.4, -0.2) is 0 Å². The minimum atomic E-state index is 1.12. The summed E-state index contributed by atoms with van der Waals surface area (Å²) in [7, 11) is 0. The van der Waals surface area contributed by atoms with E-state index in [0.29, 0.717) is 0 Å². The van der Waals surface area contributed by atoms with E-state index < -0.39 is 0 Å². The van der Waals surface area contributed by atoms with E-state index >= 15 is 0 Å². The third-order valence-corrected chi connectivity index (χ3v) is 4.51. The SMILES string of the molecule is [C]1=C/C=C/C=C\CCCCCCCCCCCCCCCC/1. The van der Waals surface area contributed by atoms with Crippen LogP contribution < -0.4 is 0 Å². The highest BCUT2D eigenvalue weighted by molar-refractivity contribution is 5.09. The predicted octanol–water partition coefficient (Wildman–Crippen LogP) is 7.71. The van der Waals surface area contributed by atoms with Crippen LogP contribution in [0.15, 0.2) is 30.4 Å². The molecular weight excluding hydrogens is 264 g/mol. The molecule has 1 radical (unpaired) electrons. The molecule has 125 valence electrons. The van der Waals surface area contributed by atoms with Crippen LogP contribution in [0.5, 0.6) is 0 Å². The summed E-state index contributed by atoms with van der Waals surface area (Å²) in [6.07, 6.45) is 36.5. The molecule has 0 saturated carbocycles. The Labute approximate surface area is 139 Å². The summed E-state index contributed by atoms with van der Waals surface area (Å²) in [6.45, 7) is 0. The van der Waals surface area contributed by atoms with E-state index in [1.54, 1.807) is 0 Å². The molecule has 0 fully saturated rings. The molecule has 1 aliphatic rings. The van der Waals surface area contributed by atoms with Crippen molar-refractivity contribution in [2.45, 2.75) is 103 Å². The van der Waals surface area contributed by atoms with E-state index in [1.165, 1.54) is 96.3 Å². The summed E-state index contributed by atoms with van der Waals surface area (Å²) in [5.74, 6) is 0. The van der Waals surface area contributed by atoms with Crippen LogP contribution >= 0.6 is 0 Å². The zero-order valence-corrected chi connectivity index (χ0v) is 14.7. The monoisotopic (exact) mass is 301 g/mol. The van der Waals surface area contributed by atoms with Crippen LogP contribution in [0.2, 0.25) is 0 Å². The Morgan fingerprint density at radius 2 is 0.955 bits per heavy atom. The van der Waals surface area contributed by atoms with Gasteiger partial charge in [-0.05, 0) is 31.8 Å². The van der Waals surface area contributed by atoms with Crippen LogP contribution in [0.3, 0.4) is 0 Å². The lowest BCUT2D eigenvalue weighted by atomic mass is 10.0. The average Bonchev–Trinajstić information content (AvgIpc) is 2.53. The van der Waals surface area contributed by atoms with Gasteiger partial charge in [0, 0.05) is 0 Å². The molecule has 0 N–H and O–H groups in total. The number of hydrogen-bond donors (Lipinski definition) is 0. The normalized spacial score (nSPS) is 26.2. The lowest BCUT2D eigenvalue weighted by Crippen LogP contribution is -1.83. The Bertz CT molecular complexity index is 265. The highest BCUT2D eigenvalue weighted by Gasteiger charge is 1.94. The van der Waals surface area contributed by atoms with Crippen molar-refractivity contribution < 1.29 is 0 Å². The van der Waals surface area contributed by atoms with Gasteiger partial charge in [-0.1, -0.05) is 107 Å².